The topological polar surface area (TPSA) is 48.3 Å². The van der Waals surface area contributed by atoms with E-state index in [0.717, 1.165) is 32.8 Å². The van der Waals surface area contributed by atoms with Gasteiger partial charge in [0.05, 0.1) is 19.3 Å². The Balaban J connectivity index is 2.67. The van der Waals surface area contributed by atoms with Gasteiger partial charge in [-0.15, -0.1) is 0 Å². The van der Waals surface area contributed by atoms with Crippen molar-refractivity contribution in [3.63, 3.8) is 0 Å². The summed E-state index contributed by atoms with van der Waals surface area (Å²) < 4.78 is 5.48. The number of hydrogen-bond donors (Lipinski definition) is 1. The van der Waals surface area contributed by atoms with Crippen molar-refractivity contribution in [3.05, 3.63) is 0 Å². The van der Waals surface area contributed by atoms with Gasteiger partial charge >= 0.3 is 0 Å². The van der Waals surface area contributed by atoms with Crippen molar-refractivity contribution in [2.24, 2.45) is 0 Å². The molecule has 1 saturated heterocycles. The number of hydrogen-bond acceptors (Lipinski definition) is 4. The molecule has 0 aromatic carbocycles. The molecule has 16 heavy (non-hydrogen) atoms. The summed E-state index contributed by atoms with van der Waals surface area (Å²) in [4.78, 5) is 2.34. The lowest BCUT2D eigenvalue weighted by molar-refractivity contribution is -0.0573. The van der Waals surface area contributed by atoms with Crippen LogP contribution >= 0.6 is 0 Å². The second kappa shape index (κ2) is 5.13. The second-order valence-corrected chi connectivity index (χ2v) is 5.26. The van der Waals surface area contributed by atoms with Gasteiger partial charge in [-0.2, -0.15) is 5.26 Å². The van der Waals surface area contributed by atoms with Crippen molar-refractivity contribution in [1.29, 1.82) is 5.26 Å². The normalized spacial score (nSPS) is 24.7. The molecule has 1 heterocycles. The summed E-state index contributed by atoms with van der Waals surface area (Å²) in [5, 5.41) is 12.5. The van der Waals surface area contributed by atoms with Crippen molar-refractivity contribution in [2.75, 3.05) is 32.8 Å². The van der Waals surface area contributed by atoms with E-state index in [2.05, 4.69) is 30.1 Å². The van der Waals surface area contributed by atoms with Gasteiger partial charge in [-0.3, -0.25) is 10.2 Å². The molecular formula is C12H23N3O. The number of nitriles is 1. The van der Waals surface area contributed by atoms with Crippen LogP contribution in [0.25, 0.3) is 0 Å². The van der Waals surface area contributed by atoms with Crippen molar-refractivity contribution in [2.45, 2.75) is 38.8 Å². The Labute approximate surface area is 98.6 Å². The molecule has 1 N–H and O–H groups in total. The average molecular weight is 225 g/mol. The first kappa shape index (κ1) is 13.4. The minimum Gasteiger partial charge on any atom is -0.378 e. The third-order valence-corrected chi connectivity index (χ3v) is 3.14. The zero-order valence-corrected chi connectivity index (χ0v) is 10.8. The Morgan fingerprint density at radius 2 is 2.25 bits per heavy atom. The Bertz CT molecular complexity index is 272. The van der Waals surface area contributed by atoms with Gasteiger partial charge in [-0.25, -0.2) is 0 Å². The Morgan fingerprint density at radius 1 is 1.56 bits per heavy atom. The van der Waals surface area contributed by atoms with Crippen LogP contribution in [0, 0.1) is 11.3 Å². The quantitative estimate of drug-likeness (QED) is 0.775. The maximum Gasteiger partial charge on any atom is 0.116 e. The monoisotopic (exact) mass is 225 g/mol. The van der Waals surface area contributed by atoms with Crippen LogP contribution in [-0.4, -0.2) is 48.8 Å². The highest BCUT2D eigenvalue weighted by molar-refractivity contribution is 5.07. The fraction of sp³-hybridized carbons (Fsp3) is 0.917. The summed E-state index contributed by atoms with van der Waals surface area (Å²) in [6, 6.07) is 2.37. The van der Waals surface area contributed by atoms with E-state index >= 15 is 0 Å². The standard InChI is InChI=1S/C12H23N3O/c1-5-14-12(4,8-13)9-15-6-7-16-10-11(15,2)3/h14H,5-7,9-10H2,1-4H3. The summed E-state index contributed by atoms with van der Waals surface area (Å²) in [6.07, 6.45) is 0. The van der Waals surface area contributed by atoms with Crippen LogP contribution in [-0.2, 0) is 4.74 Å². The fourth-order valence-corrected chi connectivity index (χ4v) is 2.09. The minimum absolute atomic E-state index is 0.0196. The molecule has 1 fully saturated rings. The first-order valence-electron chi connectivity index (χ1n) is 5.92. The number of ether oxygens (including phenoxy) is 1. The van der Waals surface area contributed by atoms with Crippen LogP contribution in [0.3, 0.4) is 0 Å². The van der Waals surface area contributed by atoms with E-state index in [-0.39, 0.29) is 5.54 Å². The molecule has 92 valence electrons. The summed E-state index contributed by atoms with van der Waals surface area (Å²) in [7, 11) is 0. The van der Waals surface area contributed by atoms with Gasteiger partial charge in [0.25, 0.3) is 0 Å². The third kappa shape index (κ3) is 3.18. The smallest absolute Gasteiger partial charge is 0.116 e. The van der Waals surface area contributed by atoms with Crippen LogP contribution in [0.4, 0.5) is 0 Å². The zero-order chi connectivity index (χ0) is 12.2. The highest BCUT2D eigenvalue weighted by atomic mass is 16.5. The highest BCUT2D eigenvalue weighted by Crippen LogP contribution is 2.21. The number of likely N-dealkylation sites (N-methyl/N-ethyl adjacent to an activating group) is 1. The van der Waals surface area contributed by atoms with Crippen LogP contribution in [0.2, 0.25) is 0 Å². The van der Waals surface area contributed by atoms with E-state index in [0.29, 0.717) is 0 Å². The molecule has 4 nitrogen and oxygen atoms in total. The van der Waals surface area contributed by atoms with Crippen LogP contribution in [0.15, 0.2) is 0 Å². The molecule has 1 aliphatic heterocycles. The summed E-state index contributed by atoms with van der Waals surface area (Å²) in [5.41, 5.74) is -0.449. The maximum atomic E-state index is 9.25. The molecule has 0 aromatic rings. The number of rotatable bonds is 4. The molecule has 0 radical (unpaired) electrons. The SMILES string of the molecule is CCNC(C)(C#N)CN1CCOCC1(C)C. The van der Waals surface area contributed by atoms with Gasteiger partial charge in [0.2, 0.25) is 0 Å². The van der Waals surface area contributed by atoms with E-state index in [1.54, 1.807) is 0 Å². The molecule has 0 aliphatic carbocycles. The van der Waals surface area contributed by atoms with E-state index in [1.807, 2.05) is 13.8 Å². The fourth-order valence-electron chi connectivity index (χ4n) is 2.09. The van der Waals surface area contributed by atoms with Crippen LogP contribution in [0.5, 0.6) is 0 Å². The zero-order valence-electron chi connectivity index (χ0n) is 10.8. The van der Waals surface area contributed by atoms with Crippen LogP contribution in [0.1, 0.15) is 27.7 Å². The molecule has 0 amide bonds. The van der Waals surface area contributed by atoms with Gasteiger partial charge in [-0.05, 0) is 27.3 Å². The van der Waals surface area contributed by atoms with Gasteiger partial charge in [0.15, 0.2) is 0 Å². The lowest BCUT2D eigenvalue weighted by Gasteiger charge is -2.44. The van der Waals surface area contributed by atoms with E-state index in [1.165, 1.54) is 0 Å². The Kier molecular flexibility index (Phi) is 4.31. The number of nitrogens with zero attached hydrogens (tertiary/aromatic N) is 2. The van der Waals surface area contributed by atoms with Crippen molar-refractivity contribution in [3.8, 4) is 6.07 Å². The lowest BCUT2D eigenvalue weighted by Crippen LogP contribution is -2.60. The molecular weight excluding hydrogens is 202 g/mol. The van der Waals surface area contributed by atoms with Crippen molar-refractivity contribution >= 4 is 0 Å². The number of morpholine rings is 1. The molecule has 4 heteroatoms. The predicted molar refractivity (Wildman–Crippen MR) is 64.2 cm³/mol. The average Bonchev–Trinajstić information content (AvgIpc) is 2.22. The molecule has 0 saturated carbocycles. The molecule has 0 spiro atoms. The third-order valence-electron chi connectivity index (χ3n) is 3.14. The van der Waals surface area contributed by atoms with Gasteiger partial charge in [0, 0.05) is 18.6 Å². The first-order valence-corrected chi connectivity index (χ1v) is 5.92. The Hall–Kier alpha value is -0.630. The molecule has 1 rings (SSSR count). The maximum absolute atomic E-state index is 9.25. The molecule has 0 aromatic heterocycles. The lowest BCUT2D eigenvalue weighted by atomic mass is 9.97. The minimum atomic E-state index is -0.469. The Morgan fingerprint density at radius 3 is 2.75 bits per heavy atom. The number of nitrogens with one attached hydrogen (secondary N) is 1. The molecule has 1 aliphatic rings. The van der Waals surface area contributed by atoms with Crippen molar-refractivity contribution in [1.82, 2.24) is 10.2 Å². The summed E-state index contributed by atoms with van der Waals surface area (Å²) >= 11 is 0. The second-order valence-electron chi connectivity index (χ2n) is 5.26. The molecule has 1 unspecified atom stereocenters. The van der Waals surface area contributed by atoms with Gasteiger partial charge < -0.3 is 4.74 Å². The largest absolute Gasteiger partial charge is 0.378 e. The van der Waals surface area contributed by atoms with E-state index in [9.17, 15) is 5.26 Å². The van der Waals surface area contributed by atoms with Gasteiger partial charge in [-0.1, -0.05) is 6.92 Å². The van der Waals surface area contributed by atoms with Gasteiger partial charge in [0.1, 0.15) is 5.54 Å². The van der Waals surface area contributed by atoms with E-state index in [4.69, 9.17) is 4.74 Å². The summed E-state index contributed by atoms with van der Waals surface area (Å²) in [5.74, 6) is 0. The predicted octanol–water partition coefficient (Wildman–Crippen LogP) is 0.989. The van der Waals surface area contributed by atoms with Crippen molar-refractivity contribution < 1.29 is 4.74 Å². The molecule has 0 bridgehead atoms. The van der Waals surface area contributed by atoms with Crippen LogP contribution < -0.4 is 5.32 Å². The molecule has 1 atom stereocenters. The first-order chi connectivity index (χ1) is 7.43. The summed E-state index contributed by atoms with van der Waals surface area (Å²) in [6.45, 7) is 12.3. The highest BCUT2D eigenvalue weighted by Gasteiger charge is 2.35. The van der Waals surface area contributed by atoms with E-state index < -0.39 is 5.54 Å².